The SMILES string of the molecule is CCNC(=O)[C@@H](C)N(Cc1ccc(Br)cc1)C(=O)CN(c1cc(Cl)ccc1C)S(=O)(=O)c1ccccc1. The zero-order valence-electron chi connectivity index (χ0n) is 20.8. The number of carbonyl (C=O) groups is 2. The van der Waals surface area contributed by atoms with Crippen LogP contribution in [0.25, 0.3) is 0 Å². The molecule has 0 aliphatic carbocycles. The highest BCUT2D eigenvalue weighted by Crippen LogP contribution is 2.30. The number of nitrogens with one attached hydrogen (secondary N) is 1. The Morgan fingerprint density at radius 2 is 1.68 bits per heavy atom. The van der Waals surface area contributed by atoms with Gasteiger partial charge in [0.15, 0.2) is 0 Å². The van der Waals surface area contributed by atoms with Crippen LogP contribution in [0, 0.1) is 6.92 Å². The smallest absolute Gasteiger partial charge is 0.264 e. The number of aryl methyl sites for hydroxylation is 1. The molecule has 0 fully saturated rings. The molecule has 0 aliphatic heterocycles. The monoisotopic (exact) mass is 605 g/mol. The molecule has 0 aromatic heterocycles. The van der Waals surface area contributed by atoms with Crippen LogP contribution in [0.4, 0.5) is 5.69 Å². The minimum atomic E-state index is -4.14. The second-order valence-electron chi connectivity index (χ2n) is 8.47. The number of amides is 2. The fraction of sp³-hybridized carbons (Fsp3) is 0.259. The molecule has 3 rings (SSSR count). The normalized spacial score (nSPS) is 12.0. The molecular formula is C27H29BrClN3O4S. The maximum absolute atomic E-state index is 13.8. The van der Waals surface area contributed by atoms with Crippen LogP contribution in [0.1, 0.15) is 25.0 Å². The maximum Gasteiger partial charge on any atom is 0.264 e. The Kier molecular flexibility index (Phi) is 9.75. The highest BCUT2D eigenvalue weighted by atomic mass is 79.9. The van der Waals surface area contributed by atoms with Crippen molar-refractivity contribution in [2.45, 2.75) is 38.3 Å². The topological polar surface area (TPSA) is 86.8 Å². The number of anilines is 1. The number of carbonyl (C=O) groups excluding carboxylic acids is 2. The van der Waals surface area contributed by atoms with Crippen LogP contribution >= 0.6 is 27.5 Å². The van der Waals surface area contributed by atoms with E-state index in [1.54, 1.807) is 51.1 Å². The van der Waals surface area contributed by atoms with Crippen LogP contribution in [-0.2, 0) is 26.2 Å². The molecule has 0 unspecified atom stereocenters. The van der Waals surface area contributed by atoms with Gasteiger partial charge >= 0.3 is 0 Å². The van der Waals surface area contributed by atoms with Crippen LogP contribution in [-0.4, -0.2) is 44.3 Å². The van der Waals surface area contributed by atoms with Gasteiger partial charge in [-0.3, -0.25) is 13.9 Å². The molecule has 3 aromatic rings. The molecule has 1 atom stereocenters. The second-order valence-corrected chi connectivity index (χ2v) is 11.7. The Balaban J connectivity index is 2.05. The molecule has 0 radical (unpaired) electrons. The third-order valence-electron chi connectivity index (χ3n) is 5.83. The van der Waals surface area contributed by atoms with E-state index in [2.05, 4.69) is 21.2 Å². The highest BCUT2D eigenvalue weighted by Gasteiger charge is 2.33. The van der Waals surface area contributed by atoms with Gasteiger partial charge in [-0.2, -0.15) is 0 Å². The van der Waals surface area contributed by atoms with E-state index in [0.29, 0.717) is 22.8 Å². The molecule has 0 spiro atoms. The molecule has 0 saturated carbocycles. The summed E-state index contributed by atoms with van der Waals surface area (Å²) in [6, 6.07) is 19.3. The molecule has 2 amide bonds. The lowest BCUT2D eigenvalue weighted by atomic mass is 10.1. The van der Waals surface area contributed by atoms with E-state index in [9.17, 15) is 18.0 Å². The van der Waals surface area contributed by atoms with Crippen LogP contribution in [0.3, 0.4) is 0 Å². The van der Waals surface area contributed by atoms with Crippen LogP contribution in [0.5, 0.6) is 0 Å². The van der Waals surface area contributed by atoms with E-state index < -0.39 is 28.5 Å². The van der Waals surface area contributed by atoms with Gasteiger partial charge < -0.3 is 10.2 Å². The number of halogens is 2. The number of hydrogen-bond acceptors (Lipinski definition) is 4. The lowest BCUT2D eigenvalue weighted by Gasteiger charge is -2.32. The van der Waals surface area contributed by atoms with Crippen molar-refractivity contribution < 1.29 is 18.0 Å². The summed E-state index contributed by atoms with van der Waals surface area (Å²) in [4.78, 5) is 28.0. The van der Waals surface area contributed by atoms with E-state index in [4.69, 9.17) is 11.6 Å². The van der Waals surface area contributed by atoms with E-state index in [1.807, 2.05) is 24.3 Å². The van der Waals surface area contributed by atoms with E-state index in [-0.39, 0.29) is 17.3 Å². The maximum atomic E-state index is 13.8. The van der Waals surface area contributed by atoms with Crippen LogP contribution < -0.4 is 9.62 Å². The first-order valence-corrected chi connectivity index (χ1v) is 14.3. The number of benzene rings is 3. The average Bonchev–Trinajstić information content (AvgIpc) is 2.88. The van der Waals surface area contributed by atoms with Crippen LogP contribution in [0.2, 0.25) is 5.02 Å². The molecule has 1 N–H and O–H groups in total. The lowest BCUT2D eigenvalue weighted by Crippen LogP contribution is -2.51. The van der Waals surface area contributed by atoms with Gasteiger partial charge in [0, 0.05) is 22.6 Å². The third-order valence-corrected chi connectivity index (χ3v) is 8.37. The Labute approximate surface area is 231 Å². The first-order valence-electron chi connectivity index (χ1n) is 11.7. The summed E-state index contributed by atoms with van der Waals surface area (Å²) in [6.07, 6.45) is 0. The number of hydrogen-bond donors (Lipinski definition) is 1. The van der Waals surface area contributed by atoms with Crippen molar-refractivity contribution in [3.63, 3.8) is 0 Å². The van der Waals surface area contributed by atoms with Gasteiger partial charge in [-0.15, -0.1) is 0 Å². The Hall–Kier alpha value is -2.88. The van der Waals surface area contributed by atoms with E-state index in [1.165, 1.54) is 23.1 Å². The molecular weight excluding hydrogens is 578 g/mol. The molecule has 0 bridgehead atoms. The fourth-order valence-electron chi connectivity index (χ4n) is 3.78. The summed E-state index contributed by atoms with van der Waals surface area (Å²) in [5.41, 5.74) is 1.72. The number of rotatable bonds is 10. The van der Waals surface area contributed by atoms with Gasteiger partial charge in [-0.25, -0.2) is 8.42 Å². The van der Waals surface area contributed by atoms with Gasteiger partial charge in [0.25, 0.3) is 10.0 Å². The molecule has 196 valence electrons. The van der Waals surface area contributed by atoms with Crippen molar-refractivity contribution >= 4 is 55.1 Å². The van der Waals surface area contributed by atoms with Gasteiger partial charge in [0.1, 0.15) is 12.6 Å². The summed E-state index contributed by atoms with van der Waals surface area (Å²) in [5, 5.41) is 3.08. The Morgan fingerprint density at radius 1 is 1.03 bits per heavy atom. The van der Waals surface area contributed by atoms with Crippen molar-refractivity contribution in [3.05, 3.63) is 93.4 Å². The van der Waals surface area contributed by atoms with Crippen molar-refractivity contribution in [2.24, 2.45) is 0 Å². The Bertz CT molecular complexity index is 1350. The second kappa shape index (κ2) is 12.6. The predicted octanol–water partition coefficient (Wildman–Crippen LogP) is 5.16. The van der Waals surface area contributed by atoms with Crippen molar-refractivity contribution in [1.29, 1.82) is 0 Å². The molecule has 7 nitrogen and oxygen atoms in total. The zero-order chi connectivity index (χ0) is 27.2. The van der Waals surface area contributed by atoms with Crippen molar-refractivity contribution in [3.8, 4) is 0 Å². The minimum Gasteiger partial charge on any atom is -0.355 e. The van der Waals surface area contributed by atoms with E-state index >= 15 is 0 Å². The first kappa shape index (κ1) is 28.7. The van der Waals surface area contributed by atoms with Crippen molar-refractivity contribution in [2.75, 3.05) is 17.4 Å². The summed E-state index contributed by atoms with van der Waals surface area (Å²) in [7, 11) is -4.14. The summed E-state index contributed by atoms with van der Waals surface area (Å²) in [6.45, 7) is 5.18. The minimum absolute atomic E-state index is 0.0402. The molecule has 0 saturated heterocycles. The quantitative estimate of drug-likeness (QED) is 0.346. The first-order chi connectivity index (χ1) is 17.5. The standard InChI is InChI=1S/C27H29BrClN3O4S/c1-4-30-27(34)20(3)31(17-21-11-13-22(28)14-12-21)26(33)18-32(25-16-23(29)15-10-19(25)2)37(35,36)24-8-6-5-7-9-24/h5-16,20H,4,17-18H2,1-3H3,(H,30,34)/t20-/m1/s1. The average molecular weight is 607 g/mol. The molecule has 0 heterocycles. The molecule has 37 heavy (non-hydrogen) atoms. The van der Waals surface area contributed by atoms with Gasteiger partial charge in [0.2, 0.25) is 11.8 Å². The third kappa shape index (κ3) is 7.12. The molecule has 3 aromatic carbocycles. The summed E-state index contributed by atoms with van der Waals surface area (Å²) in [5.74, 6) is -0.857. The number of sulfonamides is 1. The molecule has 0 aliphatic rings. The van der Waals surface area contributed by atoms with Gasteiger partial charge in [-0.1, -0.05) is 63.9 Å². The largest absolute Gasteiger partial charge is 0.355 e. The van der Waals surface area contributed by atoms with Gasteiger partial charge in [-0.05, 0) is 68.3 Å². The lowest BCUT2D eigenvalue weighted by molar-refractivity contribution is -0.139. The highest BCUT2D eigenvalue weighted by molar-refractivity contribution is 9.10. The number of nitrogens with zero attached hydrogens (tertiary/aromatic N) is 2. The zero-order valence-corrected chi connectivity index (χ0v) is 24.0. The van der Waals surface area contributed by atoms with Crippen LogP contribution in [0.15, 0.2) is 82.2 Å². The van der Waals surface area contributed by atoms with Crippen molar-refractivity contribution in [1.82, 2.24) is 10.2 Å². The molecule has 10 heteroatoms. The predicted molar refractivity (Wildman–Crippen MR) is 150 cm³/mol. The summed E-state index contributed by atoms with van der Waals surface area (Å²) < 4.78 is 29.5. The van der Waals surface area contributed by atoms with E-state index in [0.717, 1.165) is 14.3 Å². The summed E-state index contributed by atoms with van der Waals surface area (Å²) >= 11 is 9.63. The Morgan fingerprint density at radius 3 is 2.30 bits per heavy atom. The fourth-order valence-corrected chi connectivity index (χ4v) is 5.70. The van der Waals surface area contributed by atoms with Gasteiger partial charge in [0.05, 0.1) is 10.6 Å². The number of likely N-dealkylation sites (N-methyl/N-ethyl adjacent to an activating group) is 1.